The van der Waals surface area contributed by atoms with Crippen LogP contribution in [0.1, 0.15) is 56.4 Å². The minimum Gasteiger partial charge on any atom is -0.420 e. The Bertz CT molecular complexity index is 2580. The third-order valence-corrected chi connectivity index (χ3v) is 12.0. The molecule has 0 spiro atoms. The molecule has 81 heavy (non-hydrogen) atoms. The number of amidine groups is 1. The van der Waals surface area contributed by atoms with Crippen molar-refractivity contribution < 1.29 is 102 Å². The number of carbonyl (C=O) groups is 3. The molecule has 0 radical (unpaired) electrons. The summed E-state index contributed by atoms with van der Waals surface area (Å²) >= 11 is 0. The van der Waals surface area contributed by atoms with Gasteiger partial charge in [-0.3, -0.25) is 28.8 Å². The van der Waals surface area contributed by atoms with E-state index in [0.29, 0.717) is 128 Å². The summed E-state index contributed by atoms with van der Waals surface area (Å²) in [6.45, 7) is 12.7. The van der Waals surface area contributed by atoms with Crippen LogP contribution in [0, 0.1) is 30.2 Å². The van der Waals surface area contributed by atoms with Crippen molar-refractivity contribution in [3.05, 3.63) is 76.1 Å². The molecule has 2 heterocycles. The lowest BCUT2D eigenvalue weighted by molar-refractivity contribution is -0.180. The first-order chi connectivity index (χ1) is 39.0. The van der Waals surface area contributed by atoms with Crippen LogP contribution >= 0.6 is 0 Å². The second kappa shape index (κ2) is 38.2. The van der Waals surface area contributed by atoms with Crippen molar-refractivity contribution >= 4 is 45.5 Å². The van der Waals surface area contributed by atoms with Gasteiger partial charge in [-0.2, -0.15) is 17.2 Å². The Balaban J connectivity index is 0.870. The molecule has 2 aromatic carbocycles. The fourth-order valence-electron chi connectivity index (χ4n) is 7.20. The number of hydroxylamine groups is 2. The predicted octanol–water partition coefficient (Wildman–Crippen LogP) is 4.99. The molecule has 4 rings (SSSR count). The first-order valence-electron chi connectivity index (χ1n) is 26.2. The number of nitrogens with one attached hydrogen (secondary N) is 1. The Hall–Kier alpha value is -5.60. The number of nitrogens with zero attached hydrogens (tertiary/aromatic N) is 3. The number of esters is 1. The van der Waals surface area contributed by atoms with Crippen LogP contribution in [0.15, 0.2) is 45.9 Å². The molecule has 1 aliphatic heterocycles. The van der Waals surface area contributed by atoms with Gasteiger partial charge >= 0.3 is 16.1 Å². The fraction of sp³-hybridized carbons (Fsp3) is 0.566. The minimum absolute atomic E-state index is 0.0164. The normalized spacial score (nSPS) is 12.4. The predicted molar refractivity (Wildman–Crippen MR) is 283 cm³/mol. The number of halogens is 4. The number of nitrogens with two attached hydrogens (primary N) is 1. The number of carbonyl (C=O) groups excluding carboxylic acids is 3. The molecule has 0 unspecified atom stereocenters. The third kappa shape index (κ3) is 25.2. The lowest BCUT2D eigenvalue weighted by Gasteiger charge is -2.21. The van der Waals surface area contributed by atoms with Crippen molar-refractivity contribution in [2.75, 3.05) is 145 Å². The molecule has 4 N–H and O–H groups in total. The van der Waals surface area contributed by atoms with Crippen LogP contribution in [0.2, 0.25) is 0 Å². The van der Waals surface area contributed by atoms with Gasteiger partial charge in [-0.05, 0) is 49.6 Å². The van der Waals surface area contributed by atoms with Crippen LogP contribution in [-0.2, 0) is 83.3 Å². The second-order valence-electron chi connectivity index (χ2n) is 17.3. The van der Waals surface area contributed by atoms with Crippen LogP contribution in [0.3, 0.4) is 0 Å². The highest BCUT2D eigenvalue weighted by Gasteiger charge is 2.34. The van der Waals surface area contributed by atoms with Gasteiger partial charge in [-0.1, -0.05) is 19.1 Å². The molecule has 0 aliphatic carbocycles. The van der Waals surface area contributed by atoms with E-state index in [9.17, 15) is 40.4 Å². The van der Waals surface area contributed by atoms with E-state index in [1.807, 2.05) is 51.1 Å². The summed E-state index contributed by atoms with van der Waals surface area (Å²) in [5.41, 5.74) is 11.7. The van der Waals surface area contributed by atoms with Crippen LogP contribution < -0.4 is 15.8 Å². The smallest absolute Gasteiger partial charge is 0.313 e. The van der Waals surface area contributed by atoms with Gasteiger partial charge in [0.15, 0.2) is 16.5 Å². The summed E-state index contributed by atoms with van der Waals surface area (Å²) in [4.78, 5) is 50.1. The van der Waals surface area contributed by atoms with E-state index in [1.54, 1.807) is 6.20 Å². The highest BCUT2D eigenvalue weighted by atomic mass is 32.2. The van der Waals surface area contributed by atoms with E-state index in [4.69, 9.17) is 62.5 Å². The second-order valence-corrected chi connectivity index (χ2v) is 18.7. The summed E-state index contributed by atoms with van der Waals surface area (Å²) in [6.07, 6.45) is 4.17. The molecule has 452 valence electrons. The molecule has 23 nitrogen and oxygen atoms in total. The molecule has 0 bridgehead atoms. The number of aromatic nitrogens is 1. The summed E-state index contributed by atoms with van der Waals surface area (Å²) < 4.78 is 145. The largest absolute Gasteiger partial charge is 0.420 e. The molecule has 1 aromatic heterocycles. The van der Waals surface area contributed by atoms with Crippen LogP contribution in [-0.4, -0.2) is 192 Å². The molecule has 0 fully saturated rings. The lowest BCUT2D eigenvalue weighted by Crippen LogP contribution is -2.34. The summed E-state index contributed by atoms with van der Waals surface area (Å²) in [6, 6.07) is 7.74. The van der Waals surface area contributed by atoms with Gasteiger partial charge < -0.3 is 63.2 Å². The van der Waals surface area contributed by atoms with Gasteiger partial charge in [-0.25, -0.2) is 18.8 Å². The number of rotatable bonds is 43. The Morgan fingerprint density at radius 3 is 1.59 bits per heavy atom. The van der Waals surface area contributed by atoms with E-state index in [0.717, 1.165) is 28.7 Å². The number of aliphatic imine (C=N–C) groups is 1. The molecule has 0 saturated heterocycles. The zero-order valence-electron chi connectivity index (χ0n) is 45.8. The molecule has 3 aromatic rings. The highest BCUT2D eigenvalue weighted by molar-refractivity contribution is 7.85. The standard InChI is InChI=1S/C53H73F4N5O18S/c1-4-10-62(79-5-2)53(65)40-32-39-7-6-38(33-43(39)61-44(58)34-40)42-36-59-41(31-37(42)3)35-60-45(63)8-11-69-13-15-71-17-19-73-21-23-75-25-27-77-29-30-78-28-26-76-24-22-74-20-18-72-16-14-70-12-9-46(64)80-51-47(54)49(56)52(81(66,67)68)50(57)48(51)55/h6-7,31-33,36H,4-5,8-30,34-35H2,1-3H3,(H2,58,61)(H,60,63)(H,66,67,68). The van der Waals surface area contributed by atoms with Gasteiger partial charge in [-0.15, -0.1) is 0 Å². The van der Waals surface area contributed by atoms with E-state index in [1.165, 1.54) is 5.06 Å². The van der Waals surface area contributed by atoms with Crippen LogP contribution in [0.5, 0.6) is 5.75 Å². The number of hydrogen-bond acceptors (Lipinski definition) is 20. The number of benzene rings is 2. The quantitative estimate of drug-likeness (QED) is 0.0128. The maximum Gasteiger partial charge on any atom is 0.313 e. The average Bonchev–Trinajstić information content (AvgIpc) is 3.76. The summed E-state index contributed by atoms with van der Waals surface area (Å²) in [5, 5.41) is 4.27. The van der Waals surface area contributed by atoms with E-state index >= 15 is 0 Å². The molecule has 28 heteroatoms. The topological polar surface area (TPSA) is 283 Å². The Morgan fingerprint density at radius 2 is 1.15 bits per heavy atom. The van der Waals surface area contributed by atoms with Gasteiger partial charge in [0, 0.05) is 42.3 Å². The number of amides is 2. The van der Waals surface area contributed by atoms with Gasteiger partial charge in [0.05, 0.1) is 163 Å². The molecular formula is C53H73F4N5O18S. The third-order valence-electron chi connectivity index (χ3n) is 11.1. The van der Waals surface area contributed by atoms with Crippen LogP contribution in [0.25, 0.3) is 17.2 Å². The summed E-state index contributed by atoms with van der Waals surface area (Å²) in [5.74, 6) is -12.7. The van der Waals surface area contributed by atoms with Crippen molar-refractivity contribution in [2.45, 2.75) is 57.9 Å². The van der Waals surface area contributed by atoms with Crippen LogP contribution in [0.4, 0.5) is 23.2 Å². The molecule has 2 amide bonds. The Morgan fingerprint density at radius 1 is 0.679 bits per heavy atom. The van der Waals surface area contributed by atoms with Crippen molar-refractivity contribution in [3.63, 3.8) is 0 Å². The highest BCUT2D eigenvalue weighted by Crippen LogP contribution is 2.34. The first-order valence-corrected chi connectivity index (χ1v) is 27.7. The average molecular weight is 1180 g/mol. The first kappa shape index (κ1) is 67.9. The van der Waals surface area contributed by atoms with Crippen molar-refractivity contribution in [1.82, 2.24) is 15.4 Å². The van der Waals surface area contributed by atoms with Crippen molar-refractivity contribution in [2.24, 2.45) is 10.7 Å². The zero-order chi connectivity index (χ0) is 58.8. The maximum atomic E-state index is 14.0. The molecule has 1 aliphatic rings. The lowest BCUT2D eigenvalue weighted by atomic mass is 9.99. The van der Waals surface area contributed by atoms with Crippen molar-refractivity contribution in [3.8, 4) is 16.9 Å². The molecule has 0 saturated carbocycles. The minimum atomic E-state index is -5.65. The van der Waals surface area contributed by atoms with Crippen molar-refractivity contribution in [1.29, 1.82) is 0 Å². The number of pyridine rings is 1. The van der Waals surface area contributed by atoms with Gasteiger partial charge in [0.25, 0.3) is 5.91 Å². The zero-order valence-corrected chi connectivity index (χ0v) is 46.6. The Labute approximate surface area is 468 Å². The number of ether oxygens (including phenoxy) is 11. The number of fused-ring (bicyclic) bond motifs is 1. The van der Waals surface area contributed by atoms with Gasteiger partial charge in [0.1, 0.15) is 5.84 Å². The number of hydrogen-bond donors (Lipinski definition) is 3. The molecule has 0 atom stereocenters. The fourth-order valence-corrected chi connectivity index (χ4v) is 7.84. The van der Waals surface area contributed by atoms with E-state index in [2.05, 4.69) is 20.0 Å². The monoisotopic (exact) mass is 1180 g/mol. The van der Waals surface area contributed by atoms with E-state index < -0.39 is 56.4 Å². The van der Waals surface area contributed by atoms with E-state index in [-0.39, 0.29) is 70.8 Å². The summed E-state index contributed by atoms with van der Waals surface area (Å²) in [7, 11) is -5.65. The Kier molecular flexibility index (Phi) is 32.0. The SMILES string of the molecule is CCCN(OCC)C(=O)C1=Cc2ccc(-c3cnc(CNC(=O)CCOCCOCCOCCOCCOCCOCCOCCOCCOCCOCCC(=O)Oc4c(F)c(F)c(S(=O)(=O)O)c(F)c4F)cc3C)cc2N=C(N)C1. The molecular weight excluding hydrogens is 1100 g/mol. The van der Waals surface area contributed by atoms with Gasteiger partial charge in [0.2, 0.25) is 23.3 Å². The maximum absolute atomic E-state index is 14.0. The number of aryl methyl sites for hydroxylation is 1.